The van der Waals surface area contributed by atoms with E-state index >= 15 is 0 Å². The Morgan fingerprint density at radius 2 is 2.17 bits per heavy atom. The van der Waals surface area contributed by atoms with Gasteiger partial charge < -0.3 is 15.4 Å². The Bertz CT molecular complexity index is 361. The average Bonchev–Trinajstić information content (AvgIpc) is 2.45. The molecule has 0 saturated carbocycles. The number of anilines is 1. The highest BCUT2D eigenvalue weighted by atomic mass is 16.5. The molecule has 1 aliphatic heterocycles. The van der Waals surface area contributed by atoms with Gasteiger partial charge in [0.15, 0.2) is 0 Å². The van der Waals surface area contributed by atoms with E-state index in [9.17, 15) is 4.79 Å². The number of carbonyl (C=O) groups excluding carboxylic acids is 1. The molecular weight excluding hydrogens is 228 g/mol. The fourth-order valence-electron chi connectivity index (χ4n) is 2.03. The Morgan fingerprint density at radius 3 is 2.89 bits per heavy atom. The minimum absolute atomic E-state index is 0.0319. The first kappa shape index (κ1) is 12.9. The molecule has 18 heavy (non-hydrogen) atoms. The number of ether oxygens (including phenoxy) is 1. The van der Waals surface area contributed by atoms with Crippen molar-refractivity contribution in [3.63, 3.8) is 0 Å². The first-order valence-electron chi connectivity index (χ1n) is 6.48. The molecule has 0 spiro atoms. The van der Waals surface area contributed by atoms with Crippen LogP contribution in [0.4, 0.5) is 5.69 Å². The highest BCUT2D eigenvalue weighted by Crippen LogP contribution is 2.12. The molecule has 1 aromatic rings. The number of hydrogen-bond donors (Lipinski definition) is 2. The van der Waals surface area contributed by atoms with Gasteiger partial charge in [-0.25, -0.2) is 0 Å². The van der Waals surface area contributed by atoms with Crippen molar-refractivity contribution in [3.8, 4) is 0 Å². The number of hydrogen-bond acceptors (Lipinski definition) is 3. The molecule has 0 aliphatic carbocycles. The Labute approximate surface area is 108 Å². The predicted molar refractivity (Wildman–Crippen MR) is 71.5 cm³/mol. The van der Waals surface area contributed by atoms with Crippen LogP contribution < -0.4 is 10.6 Å². The molecule has 1 aromatic carbocycles. The van der Waals surface area contributed by atoms with Gasteiger partial charge in [-0.1, -0.05) is 18.2 Å². The van der Waals surface area contributed by atoms with Crippen molar-refractivity contribution in [2.45, 2.75) is 12.8 Å². The monoisotopic (exact) mass is 248 g/mol. The van der Waals surface area contributed by atoms with Crippen LogP contribution in [-0.2, 0) is 9.53 Å². The molecule has 0 radical (unpaired) electrons. The maximum absolute atomic E-state index is 11.6. The molecule has 4 nitrogen and oxygen atoms in total. The summed E-state index contributed by atoms with van der Waals surface area (Å²) in [6.07, 6.45) is 2.25. The Balaban J connectivity index is 1.63. The van der Waals surface area contributed by atoms with Crippen molar-refractivity contribution in [1.29, 1.82) is 0 Å². The maximum atomic E-state index is 11.6. The Hall–Kier alpha value is -1.55. The molecule has 2 N–H and O–H groups in total. The predicted octanol–water partition coefficient (Wildman–Crippen LogP) is 1.64. The SMILES string of the molecule is O=C(CNc1ccccc1)NCC1CCCOC1. The summed E-state index contributed by atoms with van der Waals surface area (Å²) >= 11 is 0. The van der Waals surface area contributed by atoms with Crippen molar-refractivity contribution >= 4 is 11.6 Å². The van der Waals surface area contributed by atoms with Gasteiger partial charge in [0, 0.05) is 18.8 Å². The summed E-state index contributed by atoms with van der Waals surface area (Å²) in [5.74, 6) is 0.504. The lowest BCUT2D eigenvalue weighted by atomic mass is 10.0. The molecule has 1 unspecified atom stereocenters. The number of para-hydroxylation sites is 1. The molecule has 1 amide bonds. The van der Waals surface area contributed by atoms with E-state index in [1.165, 1.54) is 0 Å². The molecular formula is C14H20N2O2. The lowest BCUT2D eigenvalue weighted by Gasteiger charge is -2.22. The highest BCUT2D eigenvalue weighted by molar-refractivity contribution is 5.80. The zero-order valence-electron chi connectivity index (χ0n) is 10.5. The fourth-order valence-corrected chi connectivity index (χ4v) is 2.03. The molecule has 4 heteroatoms. The third kappa shape index (κ3) is 4.37. The van der Waals surface area contributed by atoms with Crippen LogP contribution in [0.25, 0.3) is 0 Å². The summed E-state index contributed by atoms with van der Waals surface area (Å²) in [6.45, 7) is 2.67. The summed E-state index contributed by atoms with van der Waals surface area (Å²) < 4.78 is 5.38. The highest BCUT2D eigenvalue weighted by Gasteiger charge is 2.14. The minimum atomic E-state index is 0.0319. The van der Waals surface area contributed by atoms with Crippen LogP contribution in [0.5, 0.6) is 0 Å². The average molecular weight is 248 g/mol. The second-order valence-electron chi connectivity index (χ2n) is 4.61. The quantitative estimate of drug-likeness (QED) is 0.833. The van der Waals surface area contributed by atoms with Crippen molar-refractivity contribution < 1.29 is 9.53 Å². The Morgan fingerprint density at radius 1 is 1.33 bits per heavy atom. The zero-order valence-corrected chi connectivity index (χ0v) is 10.5. The van der Waals surface area contributed by atoms with Crippen molar-refractivity contribution in [3.05, 3.63) is 30.3 Å². The van der Waals surface area contributed by atoms with Crippen LogP contribution in [0.3, 0.4) is 0 Å². The van der Waals surface area contributed by atoms with Crippen LogP contribution in [0, 0.1) is 5.92 Å². The molecule has 98 valence electrons. The third-order valence-corrected chi connectivity index (χ3v) is 3.07. The second kappa shape index (κ2) is 7.01. The fraction of sp³-hybridized carbons (Fsp3) is 0.500. The maximum Gasteiger partial charge on any atom is 0.239 e. The lowest BCUT2D eigenvalue weighted by molar-refractivity contribution is -0.119. The van der Waals surface area contributed by atoms with Gasteiger partial charge in [-0.05, 0) is 30.9 Å². The van der Waals surface area contributed by atoms with Gasteiger partial charge in [0.05, 0.1) is 13.2 Å². The van der Waals surface area contributed by atoms with Crippen LogP contribution in [0.15, 0.2) is 30.3 Å². The van der Waals surface area contributed by atoms with Crippen LogP contribution in [0.1, 0.15) is 12.8 Å². The second-order valence-corrected chi connectivity index (χ2v) is 4.61. The van der Waals surface area contributed by atoms with Crippen molar-refractivity contribution in [2.75, 3.05) is 31.6 Å². The number of amides is 1. The number of carbonyl (C=O) groups is 1. The zero-order chi connectivity index (χ0) is 12.6. The summed E-state index contributed by atoms with van der Waals surface area (Å²) in [5, 5.41) is 6.03. The summed E-state index contributed by atoms with van der Waals surface area (Å²) in [6, 6.07) is 9.73. The first-order chi connectivity index (χ1) is 8.84. The first-order valence-corrected chi connectivity index (χ1v) is 6.48. The van der Waals surface area contributed by atoms with E-state index in [1.807, 2.05) is 30.3 Å². The van der Waals surface area contributed by atoms with E-state index < -0.39 is 0 Å². The normalized spacial score (nSPS) is 19.2. The van der Waals surface area contributed by atoms with E-state index in [2.05, 4.69) is 10.6 Å². The van der Waals surface area contributed by atoms with Gasteiger partial charge in [0.25, 0.3) is 0 Å². The summed E-state index contributed by atoms with van der Waals surface area (Å²) in [5.41, 5.74) is 0.966. The molecule has 1 heterocycles. The standard InChI is InChI=1S/C14H20N2O2/c17-14(10-15-13-6-2-1-3-7-13)16-9-12-5-4-8-18-11-12/h1-3,6-7,12,15H,4-5,8-11H2,(H,16,17). The van der Waals surface area contributed by atoms with Gasteiger partial charge in [0.2, 0.25) is 5.91 Å². The van der Waals surface area contributed by atoms with E-state index in [0.29, 0.717) is 12.5 Å². The summed E-state index contributed by atoms with van der Waals surface area (Å²) in [7, 11) is 0. The van der Waals surface area contributed by atoms with Crippen LogP contribution >= 0.6 is 0 Å². The topological polar surface area (TPSA) is 50.4 Å². The molecule has 1 fully saturated rings. The number of nitrogens with one attached hydrogen (secondary N) is 2. The van der Waals surface area contributed by atoms with E-state index in [0.717, 1.165) is 38.3 Å². The van der Waals surface area contributed by atoms with E-state index in [-0.39, 0.29) is 5.91 Å². The van der Waals surface area contributed by atoms with Gasteiger partial charge >= 0.3 is 0 Å². The number of benzene rings is 1. The largest absolute Gasteiger partial charge is 0.381 e. The lowest BCUT2D eigenvalue weighted by Crippen LogP contribution is -2.36. The molecule has 1 saturated heterocycles. The van der Waals surface area contributed by atoms with E-state index in [4.69, 9.17) is 4.74 Å². The van der Waals surface area contributed by atoms with Crippen LogP contribution in [0.2, 0.25) is 0 Å². The molecule has 1 atom stereocenters. The molecule has 2 rings (SSSR count). The smallest absolute Gasteiger partial charge is 0.239 e. The molecule has 1 aliphatic rings. The Kier molecular flexibility index (Phi) is 5.02. The van der Waals surface area contributed by atoms with Gasteiger partial charge in [-0.3, -0.25) is 4.79 Å². The minimum Gasteiger partial charge on any atom is -0.381 e. The third-order valence-electron chi connectivity index (χ3n) is 3.07. The van der Waals surface area contributed by atoms with Gasteiger partial charge in [0.1, 0.15) is 0 Å². The van der Waals surface area contributed by atoms with Crippen LogP contribution in [-0.4, -0.2) is 32.2 Å². The summed E-state index contributed by atoms with van der Waals surface area (Å²) in [4.78, 5) is 11.6. The van der Waals surface area contributed by atoms with Crippen molar-refractivity contribution in [2.24, 2.45) is 5.92 Å². The number of rotatable bonds is 5. The van der Waals surface area contributed by atoms with Gasteiger partial charge in [-0.15, -0.1) is 0 Å². The van der Waals surface area contributed by atoms with Crippen molar-refractivity contribution in [1.82, 2.24) is 5.32 Å². The van der Waals surface area contributed by atoms with E-state index in [1.54, 1.807) is 0 Å². The van der Waals surface area contributed by atoms with Gasteiger partial charge in [-0.2, -0.15) is 0 Å². The molecule has 0 aromatic heterocycles. The molecule has 0 bridgehead atoms.